The van der Waals surface area contributed by atoms with Gasteiger partial charge in [0.1, 0.15) is 6.54 Å². The van der Waals surface area contributed by atoms with E-state index in [1.165, 1.54) is 10.5 Å². The predicted molar refractivity (Wildman–Crippen MR) is 135 cm³/mol. The van der Waals surface area contributed by atoms with Gasteiger partial charge in [0, 0.05) is 17.7 Å². The number of sulfonamides is 1. The Bertz CT molecular complexity index is 1160. The van der Waals surface area contributed by atoms with Crippen molar-refractivity contribution in [3.05, 3.63) is 101 Å². The molecule has 0 radical (unpaired) electrons. The molecule has 3 aromatic rings. The fourth-order valence-electron chi connectivity index (χ4n) is 3.63. The Morgan fingerprint density at radius 3 is 2.15 bits per heavy atom. The SMILES string of the molecule is Cc1ccc(S(=O)(=O)NCc2ccc(C(=O)NCC[NH+](Cc3ccccc3)C(C)C)cc2)cc1. The van der Waals surface area contributed by atoms with Gasteiger partial charge in [0.25, 0.3) is 5.91 Å². The van der Waals surface area contributed by atoms with Gasteiger partial charge in [-0.3, -0.25) is 4.79 Å². The molecule has 1 atom stereocenters. The summed E-state index contributed by atoms with van der Waals surface area (Å²) in [4.78, 5) is 14.2. The quantitative estimate of drug-likeness (QED) is 0.395. The van der Waals surface area contributed by atoms with Crippen LogP contribution in [-0.2, 0) is 23.1 Å². The van der Waals surface area contributed by atoms with Crippen LogP contribution >= 0.6 is 0 Å². The minimum Gasteiger partial charge on any atom is -0.346 e. The van der Waals surface area contributed by atoms with Crippen molar-refractivity contribution in [2.45, 2.75) is 44.8 Å². The van der Waals surface area contributed by atoms with E-state index < -0.39 is 10.0 Å². The number of quaternary nitrogens is 1. The predicted octanol–water partition coefficient (Wildman–Crippen LogP) is 2.70. The Kier molecular flexibility index (Phi) is 8.98. The van der Waals surface area contributed by atoms with Gasteiger partial charge >= 0.3 is 0 Å². The molecule has 34 heavy (non-hydrogen) atoms. The molecule has 0 aliphatic rings. The molecular formula is C27H34N3O3S+. The molecule has 3 N–H and O–H groups in total. The second kappa shape index (κ2) is 11.9. The number of aryl methyl sites for hydroxylation is 1. The van der Waals surface area contributed by atoms with Crippen LogP contribution < -0.4 is 14.9 Å². The third-order valence-electron chi connectivity index (χ3n) is 5.84. The molecule has 7 heteroatoms. The van der Waals surface area contributed by atoms with Gasteiger partial charge in [-0.1, -0.05) is 60.2 Å². The standard InChI is InChI=1S/C27H33N3O3S/c1-21(2)30(20-24-7-5-4-6-8-24)18-17-28-27(31)25-13-11-23(12-14-25)19-29-34(32,33)26-15-9-22(3)10-16-26/h4-16,21,29H,17-20H2,1-3H3,(H,28,31)/p+1. The Labute approximate surface area is 203 Å². The maximum absolute atomic E-state index is 12.6. The van der Waals surface area contributed by atoms with Crippen LogP contribution in [0.1, 0.15) is 40.9 Å². The van der Waals surface area contributed by atoms with E-state index in [4.69, 9.17) is 0 Å². The van der Waals surface area contributed by atoms with Crippen LogP contribution in [0.4, 0.5) is 0 Å². The molecule has 0 saturated heterocycles. The summed E-state index contributed by atoms with van der Waals surface area (Å²) in [5.74, 6) is -0.130. The van der Waals surface area contributed by atoms with Gasteiger partial charge in [-0.15, -0.1) is 0 Å². The number of hydrogen-bond donors (Lipinski definition) is 3. The van der Waals surface area contributed by atoms with Crippen LogP contribution in [0.25, 0.3) is 0 Å². The molecule has 0 heterocycles. The largest absolute Gasteiger partial charge is 0.346 e. The van der Waals surface area contributed by atoms with Gasteiger partial charge in [0.2, 0.25) is 10.0 Å². The van der Waals surface area contributed by atoms with Crippen molar-refractivity contribution in [2.24, 2.45) is 0 Å². The van der Waals surface area contributed by atoms with Gasteiger partial charge in [-0.05, 0) is 50.6 Å². The van der Waals surface area contributed by atoms with Crippen molar-refractivity contribution >= 4 is 15.9 Å². The normalized spacial score (nSPS) is 12.5. The molecule has 0 aliphatic heterocycles. The van der Waals surface area contributed by atoms with Crippen molar-refractivity contribution in [1.29, 1.82) is 0 Å². The molecular weight excluding hydrogens is 446 g/mol. The van der Waals surface area contributed by atoms with E-state index in [-0.39, 0.29) is 17.3 Å². The Balaban J connectivity index is 1.49. The first-order valence-corrected chi connectivity index (χ1v) is 13.0. The number of carbonyl (C=O) groups excluding carboxylic acids is 1. The highest BCUT2D eigenvalue weighted by molar-refractivity contribution is 7.89. The topological polar surface area (TPSA) is 79.7 Å². The molecule has 0 spiro atoms. The Morgan fingerprint density at radius 2 is 1.53 bits per heavy atom. The lowest BCUT2D eigenvalue weighted by Crippen LogP contribution is -3.14. The minimum absolute atomic E-state index is 0.130. The van der Waals surface area contributed by atoms with Crippen molar-refractivity contribution < 1.29 is 18.1 Å². The van der Waals surface area contributed by atoms with E-state index in [1.54, 1.807) is 48.5 Å². The van der Waals surface area contributed by atoms with E-state index in [1.807, 2.05) is 25.1 Å². The fourth-order valence-corrected chi connectivity index (χ4v) is 4.65. The van der Waals surface area contributed by atoms with Crippen LogP contribution in [-0.4, -0.2) is 33.5 Å². The lowest BCUT2D eigenvalue weighted by molar-refractivity contribution is -0.933. The molecule has 0 fully saturated rings. The second-order valence-corrected chi connectivity index (χ2v) is 10.6. The van der Waals surface area contributed by atoms with E-state index in [0.29, 0.717) is 18.2 Å². The molecule has 0 aliphatic carbocycles. The highest BCUT2D eigenvalue weighted by atomic mass is 32.2. The van der Waals surface area contributed by atoms with Gasteiger partial charge in [0.15, 0.2) is 0 Å². The molecule has 0 aromatic heterocycles. The van der Waals surface area contributed by atoms with Crippen LogP contribution in [0, 0.1) is 6.92 Å². The second-order valence-electron chi connectivity index (χ2n) is 8.82. The average molecular weight is 481 g/mol. The van der Waals surface area contributed by atoms with Crippen LogP contribution in [0.2, 0.25) is 0 Å². The Morgan fingerprint density at radius 1 is 0.882 bits per heavy atom. The lowest BCUT2D eigenvalue weighted by atomic mass is 10.1. The maximum Gasteiger partial charge on any atom is 0.251 e. The highest BCUT2D eigenvalue weighted by Gasteiger charge is 2.15. The zero-order valence-electron chi connectivity index (χ0n) is 20.0. The highest BCUT2D eigenvalue weighted by Crippen LogP contribution is 2.11. The summed E-state index contributed by atoms with van der Waals surface area (Å²) in [6.07, 6.45) is 0. The third-order valence-corrected chi connectivity index (χ3v) is 7.25. The first-order chi connectivity index (χ1) is 16.2. The molecule has 0 saturated carbocycles. The lowest BCUT2D eigenvalue weighted by Gasteiger charge is -2.23. The van der Waals surface area contributed by atoms with E-state index >= 15 is 0 Å². The zero-order valence-corrected chi connectivity index (χ0v) is 20.9. The summed E-state index contributed by atoms with van der Waals surface area (Å²) >= 11 is 0. The summed E-state index contributed by atoms with van der Waals surface area (Å²) in [6.45, 7) is 8.77. The molecule has 1 amide bonds. The molecule has 1 unspecified atom stereocenters. The molecule has 180 valence electrons. The van der Waals surface area contributed by atoms with Crippen LogP contribution in [0.3, 0.4) is 0 Å². The minimum atomic E-state index is -3.58. The van der Waals surface area contributed by atoms with E-state index in [2.05, 4.69) is 36.0 Å². The van der Waals surface area contributed by atoms with Crippen molar-refractivity contribution in [1.82, 2.24) is 10.0 Å². The van der Waals surface area contributed by atoms with Gasteiger partial charge in [0.05, 0.1) is 24.0 Å². The first-order valence-electron chi connectivity index (χ1n) is 11.6. The number of nitrogens with one attached hydrogen (secondary N) is 3. The van der Waals surface area contributed by atoms with Crippen molar-refractivity contribution in [2.75, 3.05) is 13.1 Å². The van der Waals surface area contributed by atoms with Gasteiger partial charge in [-0.25, -0.2) is 13.1 Å². The summed E-state index contributed by atoms with van der Waals surface area (Å²) in [5, 5.41) is 3.00. The molecule has 6 nitrogen and oxygen atoms in total. The summed E-state index contributed by atoms with van der Waals surface area (Å²) < 4.78 is 27.5. The third kappa shape index (κ3) is 7.52. The van der Waals surface area contributed by atoms with E-state index in [0.717, 1.165) is 24.2 Å². The number of hydrogen-bond acceptors (Lipinski definition) is 3. The summed E-state index contributed by atoms with van der Waals surface area (Å²) in [6, 6.07) is 24.5. The Hall–Kier alpha value is -3.00. The number of amides is 1. The maximum atomic E-state index is 12.6. The smallest absolute Gasteiger partial charge is 0.251 e. The average Bonchev–Trinajstić information content (AvgIpc) is 2.83. The molecule has 0 bridgehead atoms. The molecule has 3 rings (SSSR count). The monoisotopic (exact) mass is 480 g/mol. The summed E-state index contributed by atoms with van der Waals surface area (Å²) in [5.41, 5.74) is 3.62. The van der Waals surface area contributed by atoms with Crippen molar-refractivity contribution in [3.63, 3.8) is 0 Å². The summed E-state index contributed by atoms with van der Waals surface area (Å²) in [7, 11) is -3.58. The van der Waals surface area contributed by atoms with E-state index in [9.17, 15) is 13.2 Å². The van der Waals surface area contributed by atoms with Gasteiger partial charge < -0.3 is 10.2 Å². The van der Waals surface area contributed by atoms with Crippen LogP contribution in [0.15, 0.2) is 83.8 Å². The number of rotatable bonds is 11. The fraction of sp³-hybridized carbons (Fsp3) is 0.296. The number of carbonyl (C=O) groups is 1. The van der Waals surface area contributed by atoms with Crippen LogP contribution in [0.5, 0.6) is 0 Å². The number of benzene rings is 3. The molecule has 3 aromatic carbocycles. The van der Waals surface area contributed by atoms with Gasteiger partial charge in [-0.2, -0.15) is 0 Å². The first kappa shape index (κ1) is 25.6. The van der Waals surface area contributed by atoms with Crippen molar-refractivity contribution in [3.8, 4) is 0 Å². The zero-order chi connectivity index (χ0) is 24.6.